The lowest BCUT2D eigenvalue weighted by molar-refractivity contribution is 1.05. The molecule has 0 bridgehead atoms. The molecule has 0 radical (unpaired) electrons. The van der Waals surface area contributed by atoms with E-state index < -0.39 is 0 Å². The molecular weight excluding hydrogens is 258 g/mol. The lowest BCUT2D eigenvalue weighted by Gasteiger charge is -2.06. The Bertz CT molecular complexity index is 866. The van der Waals surface area contributed by atoms with Crippen molar-refractivity contribution in [2.75, 3.05) is 0 Å². The normalized spacial score (nSPS) is 10.8. The highest BCUT2D eigenvalue weighted by atomic mass is 15.0. The maximum atomic E-state index is 9.16. The third kappa shape index (κ3) is 2.19. The van der Waals surface area contributed by atoms with Crippen LogP contribution in [0.15, 0.2) is 36.5 Å². The Kier molecular flexibility index (Phi) is 3.23. The predicted octanol–water partition coefficient (Wildman–Crippen LogP) is 3.99. The van der Waals surface area contributed by atoms with Crippen LogP contribution in [-0.4, -0.2) is 9.38 Å². The zero-order chi connectivity index (χ0) is 15.0. The third-order valence-corrected chi connectivity index (χ3v) is 3.83. The minimum Gasteiger partial charge on any atom is -0.302 e. The van der Waals surface area contributed by atoms with Gasteiger partial charge in [0.1, 0.15) is 5.65 Å². The summed E-state index contributed by atoms with van der Waals surface area (Å²) in [7, 11) is 0. The van der Waals surface area contributed by atoms with E-state index in [1.165, 1.54) is 11.1 Å². The topological polar surface area (TPSA) is 41.1 Å². The van der Waals surface area contributed by atoms with E-state index in [0.717, 1.165) is 28.2 Å². The summed E-state index contributed by atoms with van der Waals surface area (Å²) in [5.74, 6) is 0. The number of fused-ring (bicyclic) bond motifs is 1. The molecule has 21 heavy (non-hydrogen) atoms. The Morgan fingerprint density at radius 2 is 1.95 bits per heavy atom. The summed E-state index contributed by atoms with van der Waals surface area (Å²) in [6, 6.07) is 12.7. The quantitative estimate of drug-likeness (QED) is 0.709. The van der Waals surface area contributed by atoms with E-state index in [9.17, 15) is 0 Å². The van der Waals surface area contributed by atoms with Crippen molar-refractivity contribution in [1.82, 2.24) is 9.38 Å². The Hall–Kier alpha value is -2.60. The summed E-state index contributed by atoms with van der Waals surface area (Å²) < 4.78 is 2.03. The van der Waals surface area contributed by atoms with Gasteiger partial charge in [-0.3, -0.25) is 0 Å². The van der Waals surface area contributed by atoms with Gasteiger partial charge in [0.2, 0.25) is 0 Å². The maximum Gasteiger partial charge on any atom is 0.140 e. The van der Waals surface area contributed by atoms with Gasteiger partial charge in [-0.2, -0.15) is 5.26 Å². The molecule has 104 valence electrons. The molecule has 0 aliphatic carbocycles. The number of hydrogen-bond acceptors (Lipinski definition) is 2. The Morgan fingerprint density at radius 3 is 2.67 bits per heavy atom. The number of hydrogen-bond donors (Lipinski definition) is 0. The van der Waals surface area contributed by atoms with E-state index >= 15 is 0 Å². The van der Waals surface area contributed by atoms with E-state index in [1.54, 1.807) is 0 Å². The summed E-state index contributed by atoms with van der Waals surface area (Å²) in [6.45, 7) is 6.22. The highest BCUT2D eigenvalue weighted by Crippen LogP contribution is 2.29. The number of pyridine rings is 1. The van der Waals surface area contributed by atoms with Crippen molar-refractivity contribution < 1.29 is 0 Å². The second-order valence-electron chi connectivity index (χ2n) is 5.45. The molecule has 2 heterocycles. The smallest absolute Gasteiger partial charge is 0.140 e. The fourth-order valence-electron chi connectivity index (χ4n) is 2.79. The first-order valence-electron chi connectivity index (χ1n) is 7.03. The number of imidazole rings is 1. The molecule has 0 aliphatic rings. The Labute approximate surface area is 124 Å². The standard InChI is InChI=1S/C18H17N3/c1-12-6-7-15(14(3)11-12)17-16(8-9-19)21-10-4-5-13(2)18(21)20-17/h4-7,10-11H,8H2,1-3H3. The number of nitriles is 1. The molecule has 3 aromatic rings. The Morgan fingerprint density at radius 1 is 1.14 bits per heavy atom. The highest BCUT2D eigenvalue weighted by Gasteiger charge is 2.16. The van der Waals surface area contributed by atoms with Gasteiger partial charge in [-0.1, -0.05) is 29.8 Å². The zero-order valence-corrected chi connectivity index (χ0v) is 12.5. The molecule has 0 amide bonds. The van der Waals surface area contributed by atoms with Crippen molar-refractivity contribution in [3.05, 3.63) is 58.9 Å². The van der Waals surface area contributed by atoms with E-state index in [-0.39, 0.29) is 0 Å². The van der Waals surface area contributed by atoms with Crippen LogP contribution in [0.1, 0.15) is 22.4 Å². The molecule has 3 heteroatoms. The van der Waals surface area contributed by atoms with E-state index in [0.29, 0.717) is 6.42 Å². The number of aromatic nitrogens is 2. The van der Waals surface area contributed by atoms with E-state index in [1.807, 2.05) is 29.7 Å². The van der Waals surface area contributed by atoms with Gasteiger partial charge >= 0.3 is 0 Å². The van der Waals surface area contributed by atoms with Crippen LogP contribution < -0.4 is 0 Å². The first-order valence-corrected chi connectivity index (χ1v) is 7.03. The van der Waals surface area contributed by atoms with Crippen molar-refractivity contribution in [2.24, 2.45) is 0 Å². The summed E-state index contributed by atoms with van der Waals surface area (Å²) in [4.78, 5) is 4.80. The van der Waals surface area contributed by atoms with Crippen LogP contribution in [0.25, 0.3) is 16.9 Å². The van der Waals surface area contributed by atoms with E-state index in [4.69, 9.17) is 10.2 Å². The van der Waals surface area contributed by atoms with Crippen LogP contribution in [0.3, 0.4) is 0 Å². The molecule has 0 atom stereocenters. The molecule has 3 nitrogen and oxygen atoms in total. The van der Waals surface area contributed by atoms with Crippen LogP contribution in [0.5, 0.6) is 0 Å². The number of rotatable bonds is 2. The minimum atomic E-state index is 0.354. The zero-order valence-electron chi connectivity index (χ0n) is 12.5. The molecule has 0 N–H and O–H groups in total. The first-order chi connectivity index (χ1) is 10.1. The predicted molar refractivity (Wildman–Crippen MR) is 84.2 cm³/mol. The molecule has 0 aliphatic heterocycles. The Balaban J connectivity index is 2.34. The van der Waals surface area contributed by atoms with Gasteiger partial charge in [-0.05, 0) is 38.0 Å². The average Bonchev–Trinajstić information content (AvgIpc) is 2.80. The second-order valence-corrected chi connectivity index (χ2v) is 5.45. The van der Waals surface area contributed by atoms with Gasteiger partial charge in [0.15, 0.2) is 0 Å². The molecule has 0 fully saturated rings. The fourth-order valence-corrected chi connectivity index (χ4v) is 2.79. The number of benzene rings is 1. The van der Waals surface area contributed by atoms with Gasteiger partial charge in [0, 0.05) is 11.8 Å². The maximum absolute atomic E-state index is 9.16. The number of nitrogens with zero attached hydrogens (tertiary/aromatic N) is 3. The van der Waals surface area contributed by atoms with Crippen molar-refractivity contribution >= 4 is 5.65 Å². The molecule has 0 saturated carbocycles. The monoisotopic (exact) mass is 275 g/mol. The summed E-state index contributed by atoms with van der Waals surface area (Å²) in [6.07, 6.45) is 2.34. The summed E-state index contributed by atoms with van der Waals surface area (Å²) in [5, 5.41) is 9.16. The molecule has 3 rings (SSSR count). The highest BCUT2D eigenvalue weighted by molar-refractivity contribution is 5.71. The van der Waals surface area contributed by atoms with Crippen LogP contribution in [0.2, 0.25) is 0 Å². The second kappa shape index (κ2) is 5.06. The largest absolute Gasteiger partial charge is 0.302 e. The lowest BCUT2D eigenvalue weighted by atomic mass is 10.0. The molecule has 0 saturated heterocycles. The molecule has 0 spiro atoms. The number of aryl methyl sites for hydroxylation is 3. The van der Waals surface area contributed by atoms with Crippen LogP contribution >= 0.6 is 0 Å². The van der Waals surface area contributed by atoms with Gasteiger partial charge in [0.05, 0.1) is 23.9 Å². The molecule has 1 aromatic carbocycles. The van der Waals surface area contributed by atoms with Crippen molar-refractivity contribution in [1.29, 1.82) is 5.26 Å². The first kappa shape index (κ1) is 13.4. The van der Waals surface area contributed by atoms with Gasteiger partial charge < -0.3 is 4.40 Å². The molecule has 0 unspecified atom stereocenters. The minimum absolute atomic E-state index is 0.354. The summed E-state index contributed by atoms with van der Waals surface area (Å²) >= 11 is 0. The van der Waals surface area contributed by atoms with Crippen molar-refractivity contribution in [3.8, 4) is 17.3 Å². The fraction of sp³-hybridized carbons (Fsp3) is 0.222. The lowest BCUT2D eigenvalue weighted by Crippen LogP contribution is -1.95. The van der Waals surface area contributed by atoms with Crippen molar-refractivity contribution in [2.45, 2.75) is 27.2 Å². The van der Waals surface area contributed by atoms with Crippen LogP contribution in [-0.2, 0) is 6.42 Å². The van der Waals surface area contributed by atoms with Gasteiger partial charge in [-0.25, -0.2) is 4.98 Å². The van der Waals surface area contributed by atoms with Gasteiger partial charge in [-0.15, -0.1) is 0 Å². The molecule has 2 aromatic heterocycles. The molecular formula is C18H17N3. The summed E-state index contributed by atoms with van der Waals surface area (Å²) in [5.41, 5.74) is 7.46. The third-order valence-electron chi connectivity index (χ3n) is 3.83. The van der Waals surface area contributed by atoms with Crippen molar-refractivity contribution in [3.63, 3.8) is 0 Å². The van der Waals surface area contributed by atoms with E-state index in [2.05, 4.69) is 38.1 Å². The van der Waals surface area contributed by atoms with Gasteiger partial charge in [0.25, 0.3) is 0 Å². The average molecular weight is 275 g/mol. The van der Waals surface area contributed by atoms with Crippen LogP contribution in [0, 0.1) is 32.1 Å². The SMILES string of the molecule is Cc1ccc(-c2nc3c(C)cccn3c2CC#N)c(C)c1. The van der Waals surface area contributed by atoms with Crippen LogP contribution in [0.4, 0.5) is 0 Å².